The third-order valence-corrected chi connectivity index (χ3v) is 5.76. The van der Waals surface area contributed by atoms with Crippen molar-refractivity contribution < 1.29 is 9.18 Å². The van der Waals surface area contributed by atoms with Gasteiger partial charge in [-0.3, -0.25) is 4.79 Å². The molecule has 1 aromatic carbocycles. The topological polar surface area (TPSA) is 66.3 Å². The number of carbonyl (C=O) groups is 1. The minimum absolute atomic E-state index is 0.237. The molecule has 0 aliphatic carbocycles. The first-order valence-electron chi connectivity index (χ1n) is 10.1. The zero-order valence-corrected chi connectivity index (χ0v) is 18.2. The van der Waals surface area contributed by atoms with Gasteiger partial charge in [-0.2, -0.15) is 5.10 Å². The summed E-state index contributed by atoms with van der Waals surface area (Å²) in [5.74, 6) is 0.244. The van der Waals surface area contributed by atoms with Crippen LogP contribution >= 0.6 is 11.6 Å². The SMILES string of the molecule is Cc1nn(Cc2ccc(F)cc2)c(Cl)c1C(=O)Nc1ccc(N2CCN(C)CC2)nc1. The van der Waals surface area contributed by atoms with Gasteiger partial charge in [-0.25, -0.2) is 14.1 Å². The highest BCUT2D eigenvalue weighted by Gasteiger charge is 2.21. The van der Waals surface area contributed by atoms with Gasteiger partial charge < -0.3 is 15.1 Å². The normalized spacial score (nSPS) is 14.6. The second kappa shape index (κ2) is 9.03. The number of aryl methyl sites for hydroxylation is 1. The number of likely N-dealkylation sites (N-methyl/N-ethyl adjacent to an activating group) is 1. The highest BCUT2D eigenvalue weighted by Crippen LogP contribution is 2.23. The van der Waals surface area contributed by atoms with Crippen LogP contribution in [0, 0.1) is 12.7 Å². The van der Waals surface area contributed by atoms with Crippen molar-refractivity contribution in [2.45, 2.75) is 13.5 Å². The molecule has 2 aromatic heterocycles. The minimum Gasteiger partial charge on any atom is -0.354 e. The number of rotatable bonds is 5. The molecule has 0 saturated carbocycles. The van der Waals surface area contributed by atoms with Crippen LogP contribution in [-0.2, 0) is 6.54 Å². The van der Waals surface area contributed by atoms with Gasteiger partial charge in [0.05, 0.1) is 29.7 Å². The first-order chi connectivity index (χ1) is 14.9. The molecule has 1 aliphatic rings. The van der Waals surface area contributed by atoms with E-state index in [0.29, 0.717) is 23.5 Å². The predicted molar refractivity (Wildman–Crippen MR) is 119 cm³/mol. The molecule has 4 rings (SSSR count). The molecular weight excluding hydrogens is 419 g/mol. The first-order valence-corrected chi connectivity index (χ1v) is 10.5. The Morgan fingerprint density at radius 3 is 2.48 bits per heavy atom. The average molecular weight is 443 g/mol. The Balaban J connectivity index is 1.44. The van der Waals surface area contributed by atoms with Crippen molar-refractivity contribution in [3.8, 4) is 0 Å². The molecule has 31 heavy (non-hydrogen) atoms. The molecule has 1 amide bonds. The molecule has 1 saturated heterocycles. The van der Waals surface area contributed by atoms with Gasteiger partial charge in [-0.15, -0.1) is 0 Å². The fourth-order valence-electron chi connectivity index (χ4n) is 3.56. The lowest BCUT2D eigenvalue weighted by molar-refractivity contribution is 0.102. The maximum Gasteiger partial charge on any atom is 0.260 e. The molecule has 0 atom stereocenters. The summed E-state index contributed by atoms with van der Waals surface area (Å²) in [6, 6.07) is 9.84. The number of piperazine rings is 1. The van der Waals surface area contributed by atoms with E-state index in [2.05, 4.69) is 32.2 Å². The molecular formula is C22H24ClFN6O. The van der Waals surface area contributed by atoms with E-state index in [1.807, 2.05) is 12.1 Å². The van der Waals surface area contributed by atoms with Crippen molar-refractivity contribution >= 4 is 29.0 Å². The summed E-state index contributed by atoms with van der Waals surface area (Å²) >= 11 is 6.45. The molecule has 0 radical (unpaired) electrons. The number of halogens is 2. The Morgan fingerprint density at radius 1 is 1.13 bits per heavy atom. The Kier molecular flexibility index (Phi) is 6.20. The Labute approximate surface area is 185 Å². The van der Waals surface area contributed by atoms with Crippen LogP contribution in [0.4, 0.5) is 15.9 Å². The van der Waals surface area contributed by atoms with Gasteiger partial charge in [0.1, 0.15) is 16.8 Å². The average Bonchev–Trinajstić information content (AvgIpc) is 3.04. The lowest BCUT2D eigenvalue weighted by Gasteiger charge is -2.33. The monoisotopic (exact) mass is 442 g/mol. The Bertz CT molecular complexity index is 1060. The van der Waals surface area contributed by atoms with Crippen LogP contribution < -0.4 is 10.2 Å². The molecule has 1 aliphatic heterocycles. The number of pyridine rings is 1. The van der Waals surface area contributed by atoms with Crippen molar-refractivity contribution in [3.63, 3.8) is 0 Å². The fourth-order valence-corrected chi connectivity index (χ4v) is 3.88. The van der Waals surface area contributed by atoms with Crippen molar-refractivity contribution in [2.24, 2.45) is 0 Å². The van der Waals surface area contributed by atoms with E-state index in [1.54, 1.807) is 25.3 Å². The predicted octanol–water partition coefficient (Wildman–Crippen LogP) is 3.43. The lowest BCUT2D eigenvalue weighted by Crippen LogP contribution is -2.44. The van der Waals surface area contributed by atoms with E-state index < -0.39 is 0 Å². The second-order valence-corrected chi connectivity index (χ2v) is 8.04. The zero-order chi connectivity index (χ0) is 22.0. The molecule has 9 heteroatoms. The summed E-state index contributed by atoms with van der Waals surface area (Å²) in [5.41, 5.74) is 2.25. The van der Waals surface area contributed by atoms with Crippen molar-refractivity contribution in [2.75, 3.05) is 43.4 Å². The lowest BCUT2D eigenvalue weighted by atomic mass is 10.2. The van der Waals surface area contributed by atoms with Crippen LogP contribution in [-0.4, -0.2) is 58.8 Å². The number of hydrogen-bond acceptors (Lipinski definition) is 5. The van der Waals surface area contributed by atoms with Gasteiger partial charge in [0.15, 0.2) is 0 Å². The van der Waals surface area contributed by atoms with Crippen LogP contribution in [0.5, 0.6) is 0 Å². The number of nitrogens with one attached hydrogen (secondary N) is 1. The van der Waals surface area contributed by atoms with Gasteiger partial charge in [-0.05, 0) is 43.8 Å². The molecule has 0 unspecified atom stereocenters. The van der Waals surface area contributed by atoms with Crippen LogP contribution in [0.2, 0.25) is 5.15 Å². The molecule has 3 heterocycles. The zero-order valence-electron chi connectivity index (χ0n) is 17.5. The molecule has 0 spiro atoms. The largest absolute Gasteiger partial charge is 0.354 e. The summed E-state index contributed by atoms with van der Waals surface area (Å²) in [6.07, 6.45) is 1.65. The molecule has 7 nitrogen and oxygen atoms in total. The first kappa shape index (κ1) is 21.3. The summed E-state index contributed by atoms with van der Waals surface area (Å²) in [5, 5.41) is 7.46. The third kappa shape index (κ3) is 4.86. The number of aromatic nitrogens is 3. The highest BCUT2D eigenvalue weighted by atomic mass is 35.5. The van der Waals surface area contributed by atoms with Crippen LogP contribution in [0.15, 0.2) is 42.6 Å². The van der Waals surface area contributed by atoms with Gasteiger partial charge in [0, 0.05) is 26.2 Å². The number of anilines is 2. The number of benzene rings is 1. The van der Waals surface area contributed by atoms with Crippen LogP contribution in [0.25, 0.3) is 0 Å². The van der Waals surface area contributed by atoms with Crippen LogP contribution in [0.1, 0.15) is 21.6 Å². The van der Waals surface area contributed by atoms with Crippen molar-refractivity contribution in [1.29, 1.82) is 0 Å². The summed E-state index contributed by atoms with van der Waals surface area (Å²) in [6.45, 7) is 5.93. The number of hydrogen-bond donors (Lipinski definition) is 1. The smallest absolute Gasteiger partial charge is 0.260 e. The summed E-state index contributed by atoms with van der Waals surface area (Å²) in [7, 11) is 2.11. The Morgan fingerprint density at radius 2 is 1.84 bits per heavy atom. The quantitative estimate of drug-likeness (QED) is 0.655. The standard InChI is InChI=1S/C22H24ClFN6O/c1-15-20(21(23)30(27-15)14-16-3-5-17(24)6-4-16)22(31)26-18-7-8-19(25-13-18)29-11-9-28(2)10-12-29/h3-8,13H,9-12,14H2,1-2H3,(H,26,31). The maximum absolute atomic E-state index is 13.1. The second-order valence-electron chi connectivity index (χ2n) is 7.68. The van der Waals surface area contributed by atoms with E-state index in [-0.39, 0.29) is 16.9 Å². The number of nitrogens with zero attached hydrogens (tertiary/aromatic N) is 5. The van der Waals surface area contributed by atoms with Gasteiger partial charge in [0.25, 0.3) is 5.91 Å². The third-order valence-electron chi connectivity index (χ3n) is 5.37. The molecule has 1 fully saturated rings. The van der Waals surface area contributed by atoms with E-state index in [9.17, 15) is 9.18 Å². The van der Waals surface area contributed by atoms with E-state index in [1.165, 1.54) is 16.8 Å². The van der Waals surface area contributed by atoms with E-state index >= 15 is 0 Å². The molecule has 162 valence electrons. The fraction of sp³-hybridized carbons (Fsp3) is 0.318. The minimum atomic E-state index is -0.345. The number of amides is 1. The number of carbonyl (C=O) groups excluding carboxylic acids is 1. The van der Waals surface area contributed by atoms with E-state index in [0.717, 1.165) is 37.6 Å². The highest BCUT2D eigenvalue weighted by molar-refractivity contribution is 6.33. The van der Waals surface area contributed by atoms with Gasteiger partial charge in [0.2, 0.25) is 0 Å². The molecule has 3 aromatic rings. The van der Waals surface area contributed by atoms with Gasteiger partial charge >= 0.3 is 0 Å². The Hall–Kier alpha value is -2.97. The van der Waals surface area contributed by atoms with Crippen LogP contribution in [0.3, 0.4) is 0 Å². The molecule has 1 N–H and O–H groups in total. The summed E-state index contributed by atoms with van der Waals surface area (Å²) < 4.78 is 14.7. The van der Waals surface area contributed by atoms with Crippen molar-refractivity contribution in [3.05, 3.63) is 70.4 Å². The summed E-state index contributed by atoms with van der Waals surface area (Å²) in [4.78, 5) is 21.9. The maximum atomic E-state index is 13.1. The van der Waals surface area contributed by atoms with Gasteiger partial charge in [-0.1, -0.05) is 23.7 Å². The molecule has 0 bridgehead atoms. The van der Waals surface area contributed by atoms with E-state index in [4.69, 9.17) is 11.6 Å². The van der Waals surface area contributed by atoms with Crippen molar-refractivity contribution in [1.82, 2.24) is 19.7 Å².